The Bertz CT molecular complexity index is 1540. The number of carboxylic acids is 1. The number of aliphatic carboxylic acids is 1. The van der Waals surface area contributed by atoms with E-state index in [1.807, 2.05) is 6.92 Å². The molecule has 2 atom stereocenters. The van der Waals surface area contributed by atoms with Crippen molar-refractivity contribution < 1.29 is 29.3 Å². The summed E-state index contributed by atoms with van der Waals surface area (Å²) < 4.78 is 6.48. The van der Waals surface area contributed by atoms with Gasteiger partial charge in [0.2, 0.25) is 5.72 Å². The Morgan fingerprint density at radius 3 is 2.17 bits per heavy atom. The summed E-state index contributed by atoms with van der Waals surface area (Å²) >= 11 is 4.09. The zero-order valence-corrected chi connectivity index (χ0v) is 25.2. The predicted octanol–water partition coefficient (Wildman–Crippen LogP) is 2.99. The molecule has 2 aromatic carbocycles. The van der Waals surface area contributed by atoms with E-state index >= 15 is 0 Å². The first kappa shape index (κ1) is 30.0. The molecular weight excluding hydrogens is 627 g/mol. The number of β-lactam (4-membered cyclic amide) rings is 1. The molecule has 218 valence electrons. The number of aryl methyl sites for hydroxylation is 1. The number of amides is 1. The van der Waals surface area contributed by atoms with Gasteiger partial charge in [-0.2, -0.15) is 0 Å². The number of nitro groups is 2. The average Bonchev–Trinajstić information content (AvgIpc) is 3.41. The van der Waals surface area contributed by atoms with Gasteiger partial charge < -0.3 is 9.84 Å². The highest BCUT2D eigenvalue weighted by Gasteiger charge is 2.66. The molecular formula is C24H21N6O8PS3. The van der Waals surface area contributed by atoms with Crippen molar-refractivity contribution in [1.29, 1.82) is 0 Å². The Morgan fingerprint density at radius 2 is 1.71 bits per heavy atom. The molecule has 18 heteroatoms. The van der Waals surface area contributed by atoms with Crippen LogP contribution in [0.1, 0.15) is 5.01 Å². The fraction of sp³-hybridized carbons (Fsp3) is 0.250. The van der Waals surface area contributed by atoms with Gasteiger partial charge in [0.15, 0.2) is 4.34 Å². The van der Waals surface area contributed by atoms with Gasteiger partial charge >= 0.3 is 5.97 Å². The Morgan fingerprint density at radius 1 is 1.14 bits per heavy atom. The molecule has 2 aliphatic rings. The molecule has 2 N–H and O–H groups in total. The number of nitrogens with zero attached hydrogens (tertiary/aromatic N) is 5. The van der Waals surface area contributed by atoms with Gasteiger partial charge in [-0.15, -0.1) is 22.0 Å². The molecule has 1 amide bonds. The Kier molecular flexibility index (Phi) is 8.59. The van der Waals surface area contributed by atoms with Gasteiger partial charge in [-0.1, -0.05) is 23.1 Å². The number of hydrogen-bond acceptors (Lipinski definition) is 13. The van der Waals surface area contributed by atoms with E-state index in [4.69, 9.17) is 4.74 Å². The molecule has 2 aliphatic heterocycles. The highest BCUT2D eigenvalue weighted by atomic mass is 32.2. The van der Waals surface area contributed by atoms with Crippen molar-refractivity contribution in [3.8, 4) is 0 Å². The fourth-order valence-corrected chi connectivity index (χ4v) is 9.99. The standard InChI is InChI=1S/C24H21N6O8PS3/c1-13-25-26-23(42-13)41-12-14-11-40-22-24(38-2,21(33)28(22)19(14)20(31)32)27-39(17-7-3-15(4-8-17)29(34)35)18-9-5-16(6-10-18)30(36)37/h3-10,22,27H,11-12H2,1-2H3,(H,31,32)/t22-,24-/m0/s1. The van der Waals surface area contributed by atoms with Gasteiger partial charge in [0.1, 0.15) is 16.1 Å². The number of nitro benzene ring substituents is 2. The van der Waals surface area contributed by atoms with Crippen LogP contribution in [0, 0.1) is 27.2 Å². The number of carboxylic acid groups (broad SMARTS) is 1. The number of fused-ring (bicyclic) bond motifs is 1. The molecule has 0 aliphatic carbocycles. The number of hydrogen-bond donors (Lipinski definition) is 2. The summed E-state index contributed by atoms with van der Waals surface area (Å²) in [5.74, 6) is -1.22. The number of ether oxygens (including phenoxy) is 1. The van der Waals surface area contributed by atoms with Gasteiger partial charge in [0.25, 0.3) is 17.3 Å². The van der Waals surface area contributed by atoms with E-state index in [2.05, 4.69) is 15.3 Å². The molecule has 3 aromatic rings. The summed E-state index contributed by atoms with van der Waals surface area (Å²) in [6.45, 7) is 1.82. The number of carbonyl (C=O) groups excluding carboxylic acids is 1. The molecule has 1 fully saturated rings. The van der Waals surface area contributed by atoms with E-state index in [0.29, 0.717) is 32.0 Å². The molecule has 3 heterocycles. The van der Waals surface area contributed by atoms with Crippen molar-refractivity contribution in [3.63, 3.8) is 0 Å². The van der Waals surface area contributed by atoms with Crippen LogP contribution in [0.15, 0.2) is 64.1 Å². The van der Waals surface area contributed by atoms with Crippen LogP contribution >= 0.6 is 42.9 Å². The van der Waals surface area contributed by atoms with Crippen molar-refractivity contribution in [2.75, 3.05) is 18.6 Å². The van der Waals surface area contributed by atoms with Crippen molar-refractivity contribution in [3.05, 3.63) is 85.0 Å². The van der Waals surface area contributed by atoms with Crippen molar-refractivity contribution in [2.24, 2.45) is 0 Å². The van der Waals surface area contributed by atoms with E-state index in [9.17, 15) is 34.9 Å². The zero-order valence-electron chi connectivity index (χ0n) is 21.8. The first-order valence-corrected chi connectivity index (χ1v) is 16.2. The largest absolute Gasteiger partial charge is 0.477 e. The maximum absolute atomic E-state index is 13.8. The fourth-order valence-electron chi connectivity index (χ4n) is 4.41. The molecule has 0 unspecified atom stereocenters. The second-order valence-corrected chi connectivity index (χ2v) is 14.3. The van der Waals surface area contributed by atoms with E-state index in [1.165, 1.54) is 71.1 Å². The van der Waals surface area contributed by atoms with Gasteiger partial charge in [-0.25, -0.2) is 9.88 Å². The molecule has 14 nitrogen and oxygen atoms in total. The third-order valence-corrected chi connectivity index (χ3v) is 12.0. The van der Waals surface area contributed by atoms with Gasteiger partial charge in [-0.05, 0) is 47.4 Å². The molecule has 0 radical (unpaired) electrons. The maximum atomic E-state index is 13.8. The molecule has 1 saturated heterocycles. The average molecular weight is 649 g/mol. The molecule has 0 saturated carbocycles. The summed E-state index contributed by atoms with van der Waals surface area (Å²) in [4.78, 5) is 48.8. The van der Waals surface area contributed by atoms with E-state index in [1.54, 1.807) is 24.3 Å². The highest BCUT2D eigenvalue weighted by Crippen LogP contribution is 2.50. The van der Waals surface area contributed by atoms with E-state index < -0.39 is 40.9 Å². The SMILES string of the molecule is CO[C@@]1(NP(c2ccc([N+](=O)[O-])cc2)c2ccc([N+](=O)[O-])cc2)C(=O)N2C(C(=O)O)=C(CSc3nnc(C)s3)CS[C@H]21. The normalized spacial score (nSPS) is 19.9. The van der Waals surface area contributed by atoms with Gasteiger partial charge in [-0.3, -0.25) is 29.9 Å². The minimum absolute atomic E-state index is 0.109. The van der Waals surface area contributed by atoms with Crippen LogP contribution in [0.2, 0.25) is 0 Å². The van der Waals surface area contributed by atoms with Crippen LogP contribution in [-0.2, 0) is 14.3 Å². The monoisotopic (exact) mass is 648 g/mol. The summed E-state index contributed by atoms with van der Waals surface area (Å²) in [5.41, 5.74) is -1.43. The lowest BCUT2D eigenvalue weighted by atomic mass is 10.00. The molecule has 0 bridgehead atoms. The number of rotatable bonds is 11. The predicted molar refractivity (Wildman–Crippen MR) is 158 cm³/mol. The number of benzene rings is 2. The van der Waals surface area contributed by atoms with Crippen molar-refractivity contribution in [2.45, 2.75) is 22.4 Å². The van der Waals surface area contributed by atoms with Crippen molar-refractivity contribution >= 4 is 76.8 Å². The zero-order chi connectivity index (χ0) is 30.2. The number of nitrogens with one attached hydrogen (secondary N) is 1. The van der Waals surface area contributed by atoms with E-state index in [0.717, 1.165) is 5.01 Å². The molecule has 5 rings (SSSR count). The first-order valence-electron chi connectivity index (χ1n) is 12.0. The smallest absolute Gasteiger partial charge is 0.352 e. The lowest BCUT2D eigenvalue weighted by Crippen LogP contribution is -2.79. The lowest BCUT2D eigenvalue weighted by molar-refractivity contribution is -0.385. The maximum Gasteiger partial charge on any atom is 0.352 e. The lowest BCUT2D eigenvalue weighted by Gasteiger charge is -2.57. The Balaban J connectivity index is 1.47. The summed E-state index contributed by atoms with van der Waals surface area (Å²) in [7, 11) is -0.317. The second kappa shape index (κ2) is 12.0. The molecule has 42 heavy (non-hydrogen) atoms. The summed E-state index contributed by atoms with van der Waals surface area (Å²) in [5, 5.41) is 45.1. The van der Waals surface area contributed by atoms with Crippen molar-refractivity contribution in [1.82, 2.24) is 20.2 Å². The quantitative estimate of drug-likeness (QED) is 0.0771. The second-order valence-electron chi connectivity index (χ2n) is 8.91. The highest BCUT2D eigenvalue weighted by molar-refractivity contribution is 8.01. The Labute approximate surface area is 251 Å². The topological polar surface area (TPSA) is 191 Å². The van der Waals surface area contributed by atoms with Crippen LogP contribution in [0.25, 0.3) is 0 Å². The van der Waals surface area contributed by atoms with Gasteiger partial charge in [0, 0.05) is 51.0 Å². The number of thioether (sulfide) groups is 2. The summed E-state index contributed by atoms with van der Waals surface area (Å²) in [6, 6.07) is 11.5. The van der Waals surface area contributed by atoms with Crippen LogP contribution in [-0.4, -0.2) is 71.6 Å². The van der Waals surface area contributed by atoms with Gasteiger partial charge in [0.05, 0.1) is 9.85 Å². The first-order chi connectivity index (χ1) is 20.1. The van der Waals surface area contributed by atoms with E-state index in [-0.39, 0.29) is 17.1 Å². The minimum atomic E-state index is -1.66. The van der Waals surface area contributed by atoms with Crippen LogP contribution < -0.4 is 15.7 Å². The molecule has 1 aromatic heterocycles. The third kappa shape index (κ3) is 5.50. The Hall–Kier alpha value is -3.47. The number of aromatic nitrogens is 2. The number of non-ortho nitro benzene ring substituents is 2. The third-order valence-electron chi connectivity index (χ3n) is 6.43. The van der Waals surface area contributed by atoms with Crippen LogP contribution in [0.5, 0.6) is 0 Å². The van der Waals surface area contributed by atoms with Crippen LogP contribution in [0.3, 0.4) is 0 Å². The van der Waals surface area contributed by atoms with Crippen LogP contribution in [0.4, 0.5) is 11.4 Å². The minimum Gasteiger partial charge on any atom is -0.477 e. The number of methoxy groups -OCH3 is 1. The summed E-state index contributed by atoms with van der Waals surface area (Å²) in [6.07, 6.45) is 0. The molecule has 0 spiro atoms. The number of carbonyl (C=O) groups is 2.